The van der Waals surface area contributed by atoms with E-state index in [9.17, 15) is 5.11 Å². The number of unbranched alkanes of at least 4 members (excludes halogenated alkanes) is 2. The Kier molecular flexibility index (Phi) is 7.27. The van der Waals surface area contributed by atoms with Crippen LogP contribution in [-0.4, -0.2) is 29.6 Å². The first-order valence-corrected chi connectivity index (χ1v) is 13.7. The van der Waals surface area contributed by atoms with Crippen LogP contribution in [0.5, 0.6) is 11.5 Å². The fourth-order valence-electron chi connectivity index (χ4n) is 4.69. The van der Waals surface area contributed by atoms with E-state index in [4.69, 9.17) is 21.3 Å². The van der Waals surface area contributed by atoms with Crippen molar-refractivity contribution in [3.05, 3.63) is 23.3 Å². The summed E-state index contributed by atoms with van der Waals surface area (Å²) < 4.78 is 12.1. The smallest absolute Gasteiger partial charge is 0.129 e. The fraction of sp³-hybridized carbons (Fsp3) is 0.727. The van der Waals surface area contributed by atoms with Gasteiger partial charge in [0.05, 0.1) is 13.2 Å². The first-order valence-electron chi connectivity index (χ1n) is 10.7. The van der Waals surface area contributed by atoms with Crippen LogP contribution in [0.4, 0.5) is 0 Å². The summed E-state index contributed by atoms with van der Waals surface area (Å²) in [5.74, 6) is 1.10. The average Bonchev–Trinajstić information content (AvgIpc) is 3.15. The zero-order valence-electron chi connectivity index (χ0n) is 17.1. The zero-order valence-corrected chi connectivity index (χ0v) is 18.8. The Balaban J connectivity index is 1.91. The van der Waals surface area contributed by atoms with Crippen LogP contribution in [0.3, 0.4) is 0 Å². The van der Waals surface area contributed by atoms with E-state index in [1.165, 1.54) is 25.7 Å². The molecule has 1 atom stereocenters. The zero-order chi connectivity index (χ0) is 19.4. The fourth-order valence-corrected chi connectivity index (χ4v) is 10.6. The number of benzene rings is 1. The Morgan fingerprint density at radius 2 is 1.59 bits per heavy atom. The molecular weight excluding hydrogens is 375 g/mol. The second-order valence-electron chi connectivity index (χ2n) is 8.16. The molecule has 5 heteroatoms. The molecule has 2 aliphatic rings. The molecule has 3 rings (SSSR count). The molecule has 2 saturated heterocycles. The molecule has 0 aliphatic carbocycles. The second kappa shape index (κ2) is 9.29. The van der Waals surface area contributed by atoms with Crippen molar-refractivity contribution in [2.75, 3.05) is 13.2 Å². The van der Waals surface area contributed by atoms with Gasteiger partial charge in [-0.05, 0) is 74.4 Å². The summed E-state index contributed by atoms with van der Waals surface area (Å²) in [5.41, 5.74) is 3.13. The number of ether oxygens (including phenoxy) is 2. The number of aliphatic hydroxyl groups excluding tert-OH is 1. The summed E-state index contributed by atoms with van der Waals surface area (Å²) in [6.45, 7) is 7.78. The Bertz CT molecular complexity index is 666. The van der Waals surface area contributed by atoms with Crippen LogP contribution in [0.15, 0.2) is 12.1 Å². The van der Waals surface area contributed by atoms with Crippen LogP contribution in [0.1, 0.15) is 82.2 Å². The lowest BCUT2D eigenvalue weighted by Crippen LogP contribution is -2.12. The van der Waals surface area contributed by atoms with Crippen molar-refractivity contribution in [2.24, 2.45) is 0 Å². The predicted molar refractivity (Wildman–Crippen MR) is 117 cm³/mol. The van der Waals surface area contributed by atoms with Crippen molar-refractivity contribution < 1.29 is 14.6 Å². The van der Waals surface area contributed by atoms with Crippen molar-refractivity contribution in [1.29, 1.82) is 0 Å². The SMILES string of the molecule is CCCCOc1cc(C)c(C(O)P2(=S)C3CCC2CC3)c(OCCCC)c1. The number of hydrogen-bond donors (Lipinski definition) is 1. The highest BCUT2D eigenvalue weighted by Gasteiger charge is 2.51. The lowest BCUT2D eigenvalue weighted by atomic mass is 10.0. The van der Waals surface area contributed by atoms with Gasteiger partial charge in [-0.1, -0.05) is 38.5 Å². The van der Waals surface area contributed by atoms with Gasteiger partial charge >= 0.3 is 0 Å². The molecule has 2 fully saturated rings. The van der Waals surface area contributed by atoms with Crippen LogP contribution < -0.4 is 9.47 Å². The standard InChI is InChI=1S/C22H35O3PS/c1-4-6-12-24-17-14-16(3)21(20(15-17)25-13-7-5-2)22(23)26(27)18-8-9-19(26)11-10-18/h14-15,18-19,22-23H,4-13H2,1-3H3. The Labute approximate surface area is 169 Å². The summed E-state index contributed by atoms with van der Waals surface area (Å²) in [4.78, 5) is 0. The molecule has 2 aliphatic heterocycles. The van der Waals surface area contributed by atoms with Gasteiger partial charge in [0.15, 0.2) is 0 Å². The van der Waals surface area contributed by atoms with Gasteiger partial charge in [-0.3, -0.25) is 0 Å². The van der Waals surface area contributed by atoms with Crippen LogP contribution in [0.25, 0.3) is 0 Å². The van der Waals surface area contributed by atoms with Gasteiger partial charge in [-0.2, -0.15) is 0 Å². The predicted octanol–water partition coefficient (Wildman–Crippen LogP) is 6.15. The molecule has 0 aromatic heterocycles. The lowest BCUT2D eigenvalue weighted by molar-refractivity contribution is 0.243. The second-order valence-corrected chi connectivity index (χ2v) is 13.5. The van der Waals surface area contributed by atoms with Crippen molar-refractivity contribution in [3.63, 3.8) is 0 Å². The van der Waals surface area contributed by atoms with Gasteiger partial charge < -0.3 is 14.6 Å². The van der Waals surface area contributed by atoms with Gasteiger partial charge in [-0.15, -0.1) is 0 Å². The minimum absolute atomic E-state index is 0.534. The molecule has 0 saturated carbocycles. The molecule has 1 aromatic carbocycles. The highest BCUT2D eigenvalue weighted by molar-refractivity contribution is 8.15. The van der Waals surface area contributed by atoms with Crippen molar-refractivity contribution >= 4 is 17.8 Å². The van der Waals surface area contributed by atoms with E-state index in [2.05, 4.69) is 26.8 Å². The van der Waals surface area contributed by atoms with Gasteiger partial charge in [0.1, 0.15) is 17.3 Å². The number of rotatable bonds is 10. The van der Waals surface area contributed by atoms with Gasteiger partial charge in [0, 0.05) is 11.6 Å². The van der Waals surface area contributed by atoms with Crippen molar-refractivity contribution in [1.82, 2.24) is 0 Å². The highest BCUT2D eigenvalue weighted by atomic mass is 32.4. The van der Waals surface area contributed by atoms with E-state index in [0.29, 0.717) is 24.5 Å². The normalized spacial score (nSPS) is 27.7. The molecule has 2 bridgehead atoms. The molecule has 1 aromatic rings. The monoisotopic (exact) mass is 410 g/mol. The van der Waals surface area contributed by atoms with E-state index in [0.717, 1.165) is 48.3 Å². The summed E-state index contributed by atoms with van der Waals surface area (Å²) in [6, 6.07) is 2.22. The van der Waals surface area contributed by atoms with Crippen LogP contribution in [0, 0.1) is 6.92 Å². The molecule has 3 nitrogen and oxygen atoms in total. The van der Waals surface area contributed by atoms with Crippen LogP contribution >= 0.6 is 6.04 Å². The van der Waals surface area contributed by atoms with E-state index < -0.39 is 11.9 Å². The first-order chi connectivity index (χ1) is 13.0. The topological polar surface area (TPSA) is 38.7 Å². The number of aliphatic hydroxyl groups is 1. The largest absolute Gasteiger partial charge is 0.493 e. The Morgan fingerprint density at radius 3 is 2.15 bits per heavy atom. The maximum atomic E-state index is 11.5. The number of aryl methyl sites for hydroxylation is 1. The van der Waals surface area contributed by atoms with Crippen LogP contribution in [-0.2, 0) is 11.8 Å². The minimum atomic E-state index is -1.82. The van der Waals surface area contributed by atoms with E-state index >= 15 is 0 Å². The summed E-state index contributed by atoms with van der Waals surface area (Å²) >= 11 is 6.23. The quantitative estimate of drug-likeness (QED) is 0.371. The Morgan fingerprint density at radius 1 is 1.04 bits per heavy atom. The third kappa shape index (κ3) is 4.23. The number of hydrogen-bond acceptors (Lipinski definition) is 4. The summed E-state index contributed by atoms with van der Waals surface area (Å²) in [5, 5.41) is 11.5. The lowest BCUT2D eigenvalue weighted by Gasteiger charge is -2.30. The highest BCUT2D eigenvalue weighted by Crippen LogP contribution is 2.77. The van der Waals surface area contributed by atoms with Crippen LogP contribution in [0.2, 0.25) is 0 Å². The third-order valence-corrected chi connectivity index (χ3v) is 13.0. The molecule has 0 spiro atoms. The molecule has 152 valence electrons. The Hall–Kier alpha value is -0.570. The van der Waals surface area contributed by atoms with Crippen molar-refractivity contribution in [3.8, 4) is 11.5 Å². The van der Waals surface area contributed by atoms with Crippen molar-refractivity contribution in [2.45, 2.75) is 89.3 Å². The molecule has 0 radical (unpaired) electrons. The summed E-state index contributed by atoms with van der Waals surface area (Å²) in [7, 11) is 0. The third-order valence-electron chi connectivity index (χ3n) is 6.29. The van der Waals surface area contributed by atoms with Gasteiger partial charge in [0.2, 0.25) is 0 Å². The minimum Gasteiger partial charge on any atom is -0.493 e. The first kappa shape index (κ1) is 21.1. The molecule has 0 amide bonds. The molecule has 1 N–H and O–H groups in total. The average molecular weight is 411 g/mol. The molecule has 1 unspecified atom stereocenters. The molecule has 2 heterocycles. The number of fused-ring (bicyclic) bond motifs is 2. The molecule has 27 heavy (non-hydrogen) atoms. The van der Waals surface area contributed by atoms with E-state index in [-0.39, 0.29) is 0 Å². The van der Waals surface area contributed by atoms with E-state index in [1.807, 2.05) is 6.07 Å². The van der Waals surface area contributed by atoms with Gasteiger partial charge in [-0.25, -0.2) is 0 Å². The summed E-state index contributed by atoms with van der Waals surface area (Å²) in [6.07, 6.45) is 9.09. The molecular formula is C22H35O3PS. The van der Waals surface area contributed by atoms with E-state index in [1.54, 1.807) is 0 Å². The maximum absolute atomic E-state index is 11.5. The van der Waals surface area contributed by atoms with Gasteiger partial charge in [0.25, 0.3) is 0 Å². The maximum Gasteiger partial charge on any atom is 0.129 e.